The van der Waals surface area contributed by atoms with Crippen molar-refractivity contribution in [3.05, 3.63) is 24.2 Å². The van der Waals surface area contributed by atoms with Gasteiger partial charge >= 0.3 is 0 Å². The van der Waals surface area contributed by atoms with Crippen LogP contribution in [0, 0.1) is 0 Å². The average Bonchev–Trinajstić information content (AvgIpc) is 2.88. The summed E-state index contributed by atoms with van der Waals surface area (Å²) in [5, 5.41) is 0. The molecule has 0 bridgehead atoms. The third kappa shape index (κ3) is 1.71. The van der Waals surface area contributed by atoms with Crippen LogP contribution in [0.15, 0.2) is 22.8 Å². The second-order valence-electron chi connectivity index (χ2n) is 3.40. The Morgan fingerprint density at radius 1 is 1.57 bits per heavy atom. The van der Waals surface area contributed by atoms with Crippen LogP contribution in [-0.4, -0.2) is 24.5 Å². The predicted molar refractivity (Wildman–Crippen MR) is 50.0 cm³/mol. The first-order chi connectivity index (χ1) is 6.81. The Hall–Kier alpha value is -1.13. The van der Waals surface area contributed by atoms with Gasteiger partial charge < -0.3 is 14.9 Å². The van der Waals surface area contributed by atoms with E-state index in [4.69, 9.17) is 14.9 Å². The van der Waals surface area contributed by atoms with E-state index in [0.717, 1.165) is 12.8 Å². The second kappa shape index (κ2) is 3.94. The van der Waals surface area contributed by atoms with E-state index >= 15 is 0 Å². The maximum absolute atomic E-state index is 11.7. The molecule has 0 amide bonds. The number of ether oxygens (including phenoxy) is 1. The maximum atomic E-state index is 11.7. The van der Waals surface area contributed by atoms with Crippen LogP contribution < -0.4 is 5.73 Å². The minimum absolute atomic E-state index is 0.0268. The van der Waals surface area contributed by atoms with Crippen LogP contribution in [0.25, 0.3) is 0 Å². The molecule has 0 radical (unpaired) electrons. The number of Topliss-reactive ketones (excluding diaryl/α,β-unsaturated/α-hetero) is 1. The minimum Gasteiger partial charge on any atom is -0.461 e. The molecular weight excluding hydrogens is 182 g/mol. The van der Waals surface area contributed by atoms with Crippen LogP contribution in [0.2, 0.25) is 0 Å². The fourth-order valence-corrected chi connectivity index (χ4v) is 1.65. The molecule has 1 aromatic rings. The molecule has 0 saturated carbocycles. The zero-order valence-electron chi connectivity index (χ0n) is 7.81. The van der Waals surface area contributed by atoms with Crippen LogP contribution >= 0.6 is 0 Å². The van der Waals surface area contributed by atoms with Crippen molar-refractivity contribution in [3.8, 4) is 0 Å². The minimum atomic E-state index is -0.366. The van der Waals surface area contributed by atoms with Crippen LogP contribution in [0.1, 0.15) is 23.4 Å². The first-order valence-corrected chi connectivity index (χ1v) is 4.74. The standard InChI is InChI=1S/C10H13NO3/c11-6-7-3-4-9(14-7)10(12)8-2-1-5-13-8/h1-2,5,7,9H,3-4,6,11H2. The summed E-state index contributed by atoms with van der Waals surface area (Å²) in [7, 11) is 0. The molecule has 2 atom stereocenters. The number of nitrogens with two attached hydrogens (primary N) is 1. The average molecular weight is 195 g/mol. The molecule has 2 unspecified atom stereocenters. The van der Waals surface area contributed by atoms with Crippen LogP contribution in [0.4, 0.5) is 0 Å². The lowest BCUT2D eigenvalue weighted by Crippen LogP contribution is -2.24. The summed E-state index contributed by atoms with van der Waals surface area (Å²) in [6, 6.07) is 3.35. The fraction of sp³-hybridized carbons (Fsp3) is 0.500. The summed E-state index contributed by atoms with van der Waals surface area (Å²) in [6.45, 7) is 0.474. The zero-order chi connectivity index (χ0) is 9.97. The Labute approximate surface area is 82.0 Å². The van der Waals surface area contributed by atoms with Gasteiger partial charge in [-0.15, -0.1) is 0 Å². The predicted octanol–water partition coefficient (Wildman–Crippen LogP) is 0.969. The van der Waals surface area contributed by atoms with Gasteiger partial charge in [0.15, 0.2) is 5.76 Å². The maximum Gasteiger partial charge on any atom is 0.226 e. The van der Waals surface area contributed by atoms with Gasteiger partial charge in [0.1, 0.15) is 6.10 Å². The molecule has 4 nitrogen and oxygen atoms in total. The molecule has 0 spiro atoms. The van der Waals surface area contributed by atoms with Crippen molar-refractivity contribution in [3.63, 3.8) is 0 Å². The van der Waals surface area contributed by atoms with Gasteiger partial charge in [-0.2, -0.15) is 0 Å². The van der Waals surface area contributed by atoms with E-state index in [0.29, 0.717) is 12.3 Å². The first-order valence-electron chi connectivity index (χ1n) is 4.74. The quantitative estimate of drug-likeness (QED) is 0.730. The van der Waals surface area contributed by atoms with E-state index in [-0.39, 0.29) is 18.0 Å². The Bertz CT molecular complexity index is 307. The zero-order valence-corrected chi connectivity index (χ0v) is 7.81. The highest BCUT2D eigenvalue weighted by Crippen LogP contribution is 2.22. The first kappa shape index (κ1) is 9.43. The fourth-order valence-electron chi connectivity index (χ4n) is 1.65. The van der Waals surface area contributed by atoms with Gasteiger partial charge in [-0.3, -0.25) is 4.79 Å². The summed E-state index contributed by atoms with van der Waals surface area (Å²) in [5.74, 6) is 0.290. The van der Waals surface area contributed by atoms with Crippen LogP contribution in [0.3, 0.4) is 0 Å². The van der Waals surface area contributed by atoms with Crippen molar-refractivity contribution in [2.24, 2.45) is 5.73 Å². The highest BCUT2D eigenvalue weighted by Gasteiger charge is 2.31. The van der Waals surface area contributed by atoms with Crippen molar-refractivity contribution in [2.45, 2.75) is 25.0 Å². The number of carbonyl (C=O) groups excluding carboxylic acids is 1. The molecule has 4 heteroatoms. The molecule has 0 aromatic carbocycles. The molecule has 1 aromatic heterocycles. The Balaban J connectivity index is 2.00. The summed E-state index contributed by atoms with van der Waals surface area (Å²) < 4.78 is 10.5. The van der Waals surface area contributed by atoms with Gasteiger partial charge in [-0.25, -0.2) is 0 Å². The lowest BCUT2D eigenvalue weighted by atomic mass is 10.1. The van der Waals surface area contributed by atoms with Crippen molar-refractivity contribution >= 4 is 5.78 Å². The third-order valence-electron chi connectivity index (χ3n) is 2.43. The lowest BCUT2D eigenvalue weighted by Gasteiger charge is -2.09. The SMILES string of the molecule is NCC1CCC(C(=O)c2ccco2)O1. The molecule has 14 heavy (non-hydrogen) atoms. The number of furan rings is 1. The molecule has 0 aliphatic carbocycles. The highest BCUT2D eigenvalue weighted by molar-refractivity contribution is 5.97. The second-order valence-corrected chi connectivity index (χ2v) is 3.40. The van der Waals surface area contributed by atoms with Gasteiger partial charge in [0.25, 0.3) is 0 Å². The molecule has 2 N–H and O–H groups in total. The molecule has 1 aliphatic rings. The van der Waals surface area contributed by atoms with E-state index in [1.54, 1.807) is 12.1 Å². The summed E-state index contributed by atoms with van der Waals surface area (Å²) in [5.41, 5.74) is 5.46. The van der Waals surface area contributed by atoms with E-state index in [2.05, 4.69) is 0 Å². The van der Waals surface area contributed by atoms with Gasteiger partial charge in [-0.05, 0) is 25.0 Å². The molecule has 76 valence electrons. The lowest BCUT2D eigenvalue weighted by molar-refractivity contribution is 0.0383. The molecule has 2 rings (SSSR count). The Morgan fingerprint density at radius 2 is 2.43 bits per heavy atom. The Kier molecular flexibility index (Phi) is 2.65. The number of hydrogen-bond acceptors (Lipinski definition) is 4. The summed E-state index contributed by atoms with van der Waals surface area (Å²) in [6.07, 6.45) is 2.74. The van der Waals surface area contributed by atoms with Crippen LogP contribution in [0.5, 0.6) is 0 Å². The third-order valence-corrected chi connectivity index (χ3v) is 2.43. The largest absolute Gasteiger partial charge is 0.461 e. The van der Waals surface area contributed by atoms with E-state index in [1.165, 1.54) is 6.26 Å². The smallest absolute Gasteiger partial charge is 0.226 e. The number of rotatable bonds is 3. The number of carbonyl (C=O) groups is 1. The summed E-state index contributed by atoms with van der Waals surface area (Å²) >= 11 is 0. The molecule has 2 heterocycles. The van der Waals surface area contributed by atoms with Gasteiger partial charge in [0.2, 0.25) is 5.78 Å². The van der Waals surface area contributed by atoms with Crippen molar-refractivity contribution in [1.29, 1.82) is 0 Å². The normalized spacial score (nSPS) is 26.6. The number of ketones is 1. The van der Waals surface area contributed by atoms with Crippen molar-refractivity contribution in [2.75, 3.05) is 6.54 Å². The highest BCUT2D eigenvalue weighted by atomic mass is 16.5. The van der Waals surface area contributed by atoms with E-state index in [1.807, 2.05) is 0 Å². The van der Waals surface area contributed by atoms with Gasteiger partial charge in [0.05, 0.1) is 12.4 Å². The van der Waals surface area contributed by atoms with Crippen LogP contribution in [-0.2, 0) is 4.74 Å². The molecule has 1 aliphatic heterocycles. The monoisotopic (exact) mass is 195 g/mol. The molecular formula is C10H13NO3. The van der Waals surface area contributed by atoms with Crippen molar-refractivity contribution in [1.82, 2.24) is 0 Å². The van der Waals surface area contributed by atoms with E-state index in [9.17, 15) is 4.79 Å². The Morgan fingerprint density at radius 3 is 3.00 bits per heavy atom. The number of hydrogen-bond donors (Lipinski definition) is 1. The molecule has 1 fully saturated rings. The molecule has 1 saturated heterocycles. The summed E-state index contributed by atoms with van der Waals surface area (Å²) in [4.78, 5) is 11.7. The van der Waals surface area contributed by atoms with Gasteiger partial charge in [0, 0.05) is 6.54 Å². The van der Waals surface area contributed by atoms with Crippen molar-refractivity contribution < 1.29 is 13.9 Å². The van der Waals surface area contributed by atoms with E-state index < -0.39 is 0 Å². The topological polar surface area (TPSA) is 65.5 Å². The van der Waals surface area contributed by atoms with Gasteiger partial charge in [-0.1, -0.05) is 0 Å².